The minimum absolute atomic E-state index is 0.0934. The van der Waals surface area contributed by atoms with Crippen molar-refractivity contribution >= 4 is 5.97 Å². The van der Waals surface area contributed by atoms with Gasteiger partial charge in [-0.15, -0.1) is 0 Å². The third-order valence-electron chi connectivity index (χ3n) is 3.31. The topological polar surface area (TPSA) is 55.8 Å². The molecule has 1 aliphatic carbocycles. The monoisotopic (exact) mass is 236 g/mol. The van der Waals surface area contributed by atoms with Crippen molar-refractivity contribution in [2.75, 3.05) is 14.2 Å². The second kappa shape index (κ2) is 4.28. The molecule has 4 nitrogen and oxygen atoms in total. The van der Waals surface area contributed by atoms with Gasteiger partial charge >= 0.3 is 5.97 Å². The van der Waals surface area contributed by atoms with Crippen molar-refractivity contribution in [1.82, 2.24) is 0 Å². The third kappa shape index (κ3) is 2.07. The molecule has 0 amide bonds. The molecule has 17 heavy (non-hydrogen) atoms. The smallest absolute Gasteiger partial charge is 0.307 e. The standard InChI is InChI=1S/C13H16O4/c1-7-11(16-2)4-8(5-12(7)17-3)9-6-10(9)13(14)15/h4-5,9-10H,6H2,1-3H3,(H,14,15). The first-order valence-corrected chi connectivity index (χ1v) is 5.53. The lowest BCUT2D eigenvalue weighted by molar-refractivity contribution is -0.138. The van der Waals surface area contributed by atoms with Crippen LogP contribution in [-0.2, 0) is 4.79 Å². The number of hydrogen-bond acceptors (Lipinski definition) is 3. The normalized spacial score (nSPS) is 22.1. The molecule has 1 saturated carbocycles. The Morgan fingerprint density at radius 3 is 2.18 bits per heavy atom. The quantitative estimate of drug-likeness (QED) is 0.870. The fourth-order valence-corrected chi connectivity index (χ4v) is 2.16. The zero-order chi connectivity index (χ0) is 12.6. The minimum atomic E-state index is -0.728. The van der Waals surface area contributed by atoms with Crippen LogP contribution in [0.4, 0.5) is 0 Å². The van der Waals surface area contributed by atoms with Crippen LogP contribution >= 0.6 is 0 Å². The van der Waals surface area contributed by atoms with Gasteiger partial charge in [0.2, 0.25) is 0 Å². The van der Waals surface area contributed by atoms with Gasteiger partial charge in [-0.3, -0.25) is 4.79 Å². The zero-order valence-electron chi connectivity index (χ0n) is 10.2. The maximum Gasteiger partial charge on any atom is 0.307 e. The van der Waals surface area contributed by atoms with Crippen molar-refractivity contribution in [3.63, 3.8) is 0 Å². The van der Waals surface area contributed by atoms with E-state index in [1.807, 2.05) is 19.1 Å². The average Bonchev–Trinajstić information content (AvgIpc) is 3.09. The van der Waals surface area contributed by atoms with Crippen LogP contribution < -0.4 is 9.47 Å². The maximum absolute atomic E-state index is 10.9. The second-order valence-electron chi connectivity index (χ2n) is 4.34. The molecule has 0 radical (unpaired) electrons. The van der Waals surface area contributed by atoms with E-state index in [0.717, 1.165) is 22.6 Å². The fourth-order valence-electron chi connectivity index (χ4n) is 2.16. The molecule has 92 valence electrons. The maximum atomic E-state index is 10.9. The van der Waals surface area contributed by atoms with Gasteiger partial charge in [0.15, 0.2) is 0 Å². The molecule has 2 rings (SSSR count). The number of carbonyl (C=O) groups is 1. The summed E-state index contributed by atoms with van der Waals surface area (Å²) in [6.07, 6.45) is 0.699. The van der Waals surface area contributed by atoms with Crippen LogP contribution in [0.25, 0.3) is 0 Å². The molecule has 0 bridgehead atoms. The number of hydrogen-bond donors (Lipinski definition) is 1. The van der Waals surface area contributed by atoms with Crippen LogP contribution in [0.2, 0.25) is 0 Å². The summed E-state index contributed by atoms with van der Waals surface area (Å²) in [7, 11) is 3.21. The fraction of sp³-hybridized carbons (Fsp3) is 0.462. The first kappa shape index (κ1) is 11.8. The van der Waals surface area contributed by atoms with Gasteiger partial charge < -0.3 is 14.6 Å². The summed E-state index contributed by atoms with van der Waals surface area (Å²) in [5.74, 6) is 0.599. The molecule has 2 atom stereocenters. The average molecular weight is 236 g/mol. The van der Waals surface area contributed by atoms with E-state index in [2.05, 4.69) is 0 Å². The molecule has 1 N–H and O–H groups in total. The van der Waals surface area contributed by atoms with Crippen LogP contribution in [-0.4, -0.2) is 25.3 Å². The molecule has 0 aliphatic heterocycles. The van der Waals surface area contributed by atoms with E-state index in [9.17, 15) is 4.79 Å². The Morgan fingerprint density at radius 1 is 1.29 bits per heavy atom. The van der Waals surface area contributed by atoms with Crippen molar-refractivity contribution < 1.29 is 19.4 Å². The summed E-state index contributed by atoms with van der Waals surface area (Å²) >= 11 is 0. The molecule has 4 heteroatoms. The second-order valence-corrected chi connectivity index (χ2v) is 4.34. The third-order valence-corrected chi connectivity index (χ3v) is 3.31. The van der Waals surface area contributed by atoms with Gasteiger partial charge in [0.25, 0.3) is 0 Å². The zero-order valence-corrected chi connectivity index (χ0v) is 10.2. The molecule has 0 aromatic heterocycles. The van der Waals surface area contributed by atoms with Crippen molar-refractivity contribution in [3.05, 3.63) is 23.3 Å². The number of benzene rings is 1. The Bertz CT molecular complexity index is 428. The summed E-state index contributed by atoms with van der Waals surface area (Å²) < 4.78 is 10.5. The van der Waals surface area contributed by atoms with Crippen molar-refractivity contribution in [2.45, 2.75) is 19.3 Å². The van der Waals surface area contributed by atoms with Crippen LogP contribution in [0.5, 0.6) is 11.5 Å². The highest BCUT2D eigenvalue weighted by Crippen LogP contribution is 2.49. The molecule has 1 aliphatic rings. The van der Waals surface area contributed by atoms with Crippen LogP contribution in [0.15, 0.2) is 12.1 Å². The first-order chi connectivity index (χ1) is 8.08. The lowest BCUT2D eigenvalue weighted by Crippen LogP contribution is -2.00. The molecule has 2 unspecified atom stereocenters. The van der Waals surface area contributed by atoms with Crippen molar-refractivity contribution in [1.29, 1.82) is 0 Å². The Kier molecular flexibility index (Phi) is 2.96. The number of aliphatic carboxylic acids is 1. The molecule has 0 saturated heterocycles. The predicted octanol–water partition coefficient (Wildman–Crippen LogP) is 2.20. The minimum Gasteiger partial charge on any atom is -0.496 e. The number of carboxylic acid groups (broad SMARTS) is 1. The van der Waals surface area contributed by atoms with Crippen LogP contribution in [0, 0.1) is 12.8 Å². The van der Waals surface area contributed by atoms with Gasteiger partial charge in [-0.05, 0) is 37.0 Å². The largest absolute Gasteiger partial charge is 0.496 e. The Morgan fingerprint density at radius 2 is 1.82 bits per heavy atom. The summed E-state index contributed by atoms with van der Waals surface area (Å²) in [5.41, 5.74) is 1.92. The molecular weight excluding hydrogens is 220 g/mol. The highest BCUT2D eigenvalue weighted by atomic mass is 16.5. The van der Waals surface area contributed by atoms with Gasteiger partial charge in [-0.1, -0.05) is 0 Å². The van der Waals surface area contributed by atoms with E-state index < -0.39 is 5.97 Å². The highest BCUT2D eigenvalue weighted by molar-refractivity contribution is 5.75. The van der Waals surface area contributed by atoms with E-state index in [0.29, 0.717) is 6.42 Å². The Balaban J connectivity index is 2.33. The van der Waals surface area contributed by atoms with Crippen LogP contribution in [0.1, 0.15) is 23.5 Å². The summed E-state index contributed by atoms with van der Waals surface area (Å²) in [6.45, 7) is 1.92. The molecule has 1 aromatic carbocycles. The molecule has 0 spiro atoms. The number of ether oxygens (including phenoxy) is 2. The predicted molar refractivity (Wildman–Crippen MR) is 62.8 cm³/mol. The van der Waals surface area contributed by atoms with Gasteiger partial charge in [0.1, 0.15) is 11.5 Å². The van der Waals surface area contributed by atoms with E-state index in [1.165, 1.54) is 0 Å². The molecule has 1 fully saturated rings. The highest BCUT2D eigenvalue weighted by Gasteiger charge is 2.44. The van der Waals surface area contributed by atoms with E-state index in [4.69, 9.17) is 14.6 Å². The van der Waals surface area contributed by atoms with E-state index in [1.54, 1.807) is 14.2 Å². The van der Waals surface area contributed by atoms with E-state index in [-0.39, 0.29) is 11.8 Å². The SMILES string of the molecule is COc1cc(C2CC2C(=O)O)cc(OC)c1C. The first-order valence-electron chi connectivity index (χ1n) is 5.53. The lowest BCUT2D eigenvalue weighted by atomic mass is 10.0. The summed E-state index contributed by atoms with van der Waals surface area (Å²) in [5, 5.41) is 8.93. The summed E-state index contributed by atoms with van der Waals surface area (Å²) in [4.78, 5) is 10.9. The van der Waals surface area contributed by atoms with E-state index >= 15 is 0 Å². The Hall–Kier alpha value is -1.71. The molecule has 1 aromatic rings. The lowest BCUT2D eigenvalue weighted by Gasteiger charge is -2.12. The van der Waals surface area contributed by atoms with Gasteiger partial charge in [0.05, 0.1) is 20.1 Å². The number of carboxylic acids is 1. The summed E-state index contributed by atoms with van der Waals surface area (Å²) in [6, 6.07) is 3.82. The molecular formula is C13H16O4. The Labute approximate surface area is 100 Å². The van der Waals surface area contributed by atoms with Crippen LogP contribution in [0.3, 0.4) is 0 Å². The van der Waals surface area contributed by atoms with Crippen molar-refractivity contribution in [2.24, 2.45) is 5.92 Å². The van der Waals surface area contributed by atoms with Crippen molar-refractivity contribution in [3.8, 4) is 11.5 Å². The number of rotatable bonds is 4. The van der Waals surface area contributed by atoms with Gasteiger partial charge in [0, 0.05) is 5.56 Å². The van der Waals surface area contributed by atoms with Gasteiger partial charge in [-0.25, -0.2) is 0 Å². The van der Waals surface area contributed by atoms with Gasteiger partial charge in [-0.2, -0.15) is 0 Å². The number of methoxy groups -OCH3 is 2. The molecule has 0 heterocycles.